The fourth-order valence-corrected chi connectivity index (χ4v) is 2.66. The number of aryl methyl sites for hydroxylation is 3. The van der Waals surface area contributed by atoms with Gasteiger partial charge in [0, 0.05) is 7.05 Å². The van der Waals surface area contributed by atoms with Crippen molar-refractivity contribution in [2.45, 2.75) is 33.7 Å². The molecule has 3 nitrogen and oxygen atoms in total. The second kappa shape index (κ2) is 4.16. The van der Waals surface area contributed by atoms with Crippen LogP contribution in [-0.4, -0.2) is 29.0 Å². The lowest BCUT2D eigenvalue weighted by Gasteiger charge is -2.15. The molecule has 0 spiro atoms. The lowest BCUT2D eigenvalue weighted by molar-refractivity contribution is -0.123. The van der Waals surface area contributed by atoms with Crippen molar-refractivity contribution in [2.24, 2.45) is 0 Å². The van der Waals surface area contributed by atoms with Crippen LogP contribution in [0.15, 0.2) is 17.9 Å². The summed E-state index contributed by atoms with van der Waals surface area (Å²) in [5, 5.41) is 10.2. The predicted molar refractivity (Wildman–Crippen MR) is 72.4 cm³/mol. The standard InChI is InChI=1S/C15H19NO2/c1-8-6-9(2)12(10(3)7-8)13-14(17)11(4)16(5)15(13)18/h6-7,11,17H,1-5H3. The maximum Gasteiger partial charge on any atom is 0.258 e. The van der Waals surface area contributed by atoms with E-state index in [1.54, 1.807) is 11.9 Å². The van der Waals surface area contributed by atoms with Crippen LogP contribution in [-0.2, 0) is 4.79 Å². The van der Waals surface area contributed by atoms with E-state index in [0.717, 1.165) is 16.7 Å². The summed E-state index contributed by atoms with van der Waals surface area (Å²) in [6.07, 6.45) is 0. The molecule has 96 valence electrons. The van der Waals surface area contributed by atoms with E-state index in [-0.39, 0.29) is 17.7 Å². The Morgan fingerprint density at radius 3 is 2.06 bits per heavy atom. The Balaban J connectivity index is 2.67. The van der Waals surface area contributed by atoms with Crippen LogP contribution in [0.2, 0.25) is 0 Å². The van der Waals surface area contributed by atoms with Crippen LogP contribution in [0.1, 0.15) is 29.2 Å². The molecule has 0 fully saturated rings. The van der Waals surface area contributed by atoms with Gasteiger partial charge < -0.3 is 10.0 Å². The fraction of sp³-hybridized carbons (Fsp3) is 0.400. The molecule has 1 N–H and O–H groups in total. The lowest BCUT2D eigenvalue weighted by Crippen LogP contribution is -2.29. The number of amides is 1. The van der Waals surface area contributed by atoms with Gasteiger partial charge in [-0.1, -0.05) is 17.7 Å². The Bertz CT molecular complexity index is 535. The van der Waals surface area contributed by atoms with E-state index in [2.05, 4.69) is 0 Å². The predicted octanol–water partition coefficient (Wildman–Crippen LogP) is 2.74. The molecule has 1 unspecified atom stereocenters. The molecule has 0 aliphatic carbocycles. The monoisotopic (exact) mass is 245 g/mol. The van der Waals surface area contributed by atoms with E-state index >= 15 is 0 Å². The first-order valence-electron chi connectivity index (χ1n) is 6.13. The largest absolute Gasteiger partial charge is 0.509 e. The molecule has 18 heavy (non-hydrogen) atoms. The molecule has 1 aliphatic heterocycles. The molecule has 0 bridgehead atoms. The smallest absolute Gasteiger partial charge is 0.258 e. The third-order valence-electron chi connectivity index (χ3n) is 3.69. The van der Waals surface area contributed by atoms with E-state index in [9.17, 15) is 9.90 Å². The first-order valence-corrected chi connectivity index (χ1v) is 6.13. The molecular weight excluding hydrogens is 226 g/mol. The van der Waals surface area contributed by atoms with Crippen molar-refractivity contribution in [3.8, 4) is 0 Å². The van der Waals surface area contributed by atoms with Crippen LogP contribution in [0.25, 0.3) is 5.57 Å². The molecule has 1 aromatic carbocycles. The number of aliphatic hydroxyl groups excluding tert-OH is 1. The molecule has 0 radical (unpaired) electrons. The van der Waals surface area contributed by atoms with Gasteiger partial charge in [-0.05, 0) is 44.4 Å². The molecule has 2 rings (SSSR count). The highest BCUT2D eigenvalue weighted by atomic mass is 16.3. The maximum atomic E-state index is 12.2. The fourth-order valence-electron chi connectivity index (χ4n) is 2.66. The highest BCUT2D eigenvalue weighted by Gasteiger charge is 2.36. The highest BCUT2D eigenvalue weighted by molar-refractivity contribution is 6.23. The van der Waals surface area contributed by atoms with Gasteiger partial charge in [0.15, 0.2) is 0 Å². The third kappa shape index (κ3) is 1.70. The van der Waals surface area contributed by atoms with Crippen molar-refractivity contribution in [3.05, 3.63) is 40.1 Å². The van der Waals surface area contributed by atoms with Gasteiger partial charge in [0.05, 0.1) is 11.6 Å². The van der Waals surface area contributed by atoms with E-state index in [1.165, 1.54) is 5.56 Å². The van der Waals surface area contributed by atoms with Crippen LogP contribution in [0.3, 0.4) is 0 Å². The minimum absolute atomic E-state index is 0.102. The number of hydrogen-bond donors (Lipinski definition) is 1. The number of rotatable bonds is 1. The van der Waals surface area contributed by atoms with Gasteiger partial charge in [-0.3, -0.25) is 4.79 Å². The second-order valence-electron chi connectivity index (χ2n) is 5.13. The summed E-state index contributed by atoms with van der Waals surface area (Å²) in [6, 6.07) is 3.84. The van der Waals surface area contributed by atoms with E-state index < -0.39 is 0 Å². The molecule has 1 aliphatic rings. The average Bonchev–Trinajstić information content (AvgIpc) is 2.45. The molecule has 1 heterocycles. The van der Waals surface area contributed by atoms with Crippen molar-refractivity contribution < 1.29 is 9.90 Å². The molecular formula is C15H19NO2. The Labute approximate surface area is 108 Å². The Morgan fingerprint density at radius 2 is 1.67 bits per heavy atom. The van der Waals surface area contributed by atoms with Crippen molar-refractivity contribution in [1.29, 1.82) is 0 Å². The third-order valence-corrected chi connectivity index (χ3v) is 3.69. The molecule has 3 heteroatoms. The summed E-state index contributed by atoms with van der Waals surface area (Å²) in [5.41, 5.74) is 4.56. The number of likely N-dealkylation sites (N-methyl/N-ethyl adjacent to an activating group) is 1. The molecule has 1 aromatic rings. The molecule has 0 aromatic heterocycles. The SMILES string of the molecule is Cc1cc(C)c(C2=C(O)C(C)N(C)C2=O)c(C)c1. The zero-order valence-corrected chi connectivity index (χ0v) is 11.5. The van der Waals surface area contributed by atoms with E-state index in [1.807, 2.05) is 39.8 Å². The molecule has 1 atom stereocenters. The van der Waals surface area contributed by atoms with Crippen LogP contribution in [0.5, 0.6) is 0 Å². The first kappa shape index (κ1) is 12.7. The first-order chi connectivity index (χ1) is 8.34. The lowest BCUT2D eigenvalue weighted by atomic mass is 9.93. The minimum Gasteiger partial charge on any atom is -0.509 e. The van der Waals surface area contributed by atoms with Crippen molar-refractivity contribution in [3.63, 3.8) is 0 Å². The van der Waals surface area contributed by atoms with Gasteiger partial charge in [0.2, 0.25) is 0 Å². The zero-order chi connectivity index (χ0) is 13.6. The highest BCUT2D eigenvalue weighted by Crippen LogP contribution is 2.34. The van der Waals surface area contributed by atoms with Gasteiger partial charge in [-0.15, -0.1) is 0 Å². The van der Waals surface area contributed by atoms with Crippen LogP contribution >= 0.6 is 0 Å². The average molecular weight is 245 g/mol. The van der Waals surface area contributed by atoms with Gasteiger partial charge >= 0.3 is 0 Å². The second-order valence-corrected chi connectivity index (χ2v) is 5.13. The van der Waals surface area contributed by atoms with E-state index in [4.69, 9.17) is 0 Å². The van der Waals surface area contributed by atoms with Gasteiger partial charge in [0.25, 0.3) is 5.91 Å². The quantitative estimate of drug-likeness (QED) is 0.826. The summed E-state index contributed by atoms with van der Waals surface area (Å²) >= 11 is 0. The van der Waals surface area contributed by atoms with E-state index in [0.29, 0.717) is 5.57 Å². The van der Waals surface area contributed by atoms with Crippen molar-refractivity contribution in [1.82, 2.24) is 4.90 Å². The number of hydrogen-bond acceptors (Lipinski definition) is 2. The van der Waals surface area contributed by atoms with Gasteiger partial charge in [-0.2, -0.15) is 0 Å². The van der Waals surface area contributed by atoms with Crippen molar-refractivity contribution in [2.75, 3.05) is 7.05 Å². The van der Waals surface area contributed by atoms with Gasteiger partial charge in [0.1, 0.15) is 5.76 Å². The summed E-state index contributed by atoms with van der Waals surface area (Å²) in [6.45, 7) is 7.82. The van der Waals surface area contributed by atoms with Crippen LogP contribution < -0.4 is 0 Å². The summed E-state index contributed by atoms with van der Waals surface area (Å²) in [4.78, 5) is 13.8. The van der Waals surface area contributed by atoms with Crippen molar-refractivity contribution >= 4 is 11.5 Å². The van der Waals surface area contributed by atoms with Crippen LogP contribution in [0.4, 0.5) is 0 Å². The topological polar surface area (TPSA) is 40.5 Å². The molecule has 1 amide bonds. The maximum absolute atomic E-state index is 12.2. The zero-order valence-electron chi connectivity index (χ0n) is 11.5. The summed E-state index contributed by atoms with van der Waals surface area (Å²) < 4.78 is 0. The number of benzene rings is 1. The molecule has 0 saturated carbocycles. The number of carbonyl (C=O) groups excluding carboxylic acids is 1. The summed E-state index contributed by atoms with van der Waals surface area (Å²) in [5.74, 6) is 0.0765. The Hall–Kier alpha value is -1.77. The minimum atomic E-state index is -0.243. The molecule has 0 saturated heterocycles. The summed E-state index contributed by atoms with van der Waals surface area (Å²) in [7, 11) is 1.72. The van der Waals surface area contributed by atoms with Crippen LogP contribution in [0, 0.1) is 20.8 Å². The normalized spacial score (nSPS) is 19.9. The number of nitrogens with zero attached hydrogens (tertiary/aromatic N) is 1. The number of aliphatic hydroxyl groups is 1. The Kier molecular flexibility index (Phi) is 2.93. The Morgan fingerprint density at radius 1 is 1.17 bits per heavy atom. The number of carbonyl (C=O) groups is 1. The van der Waals surface area contributed by atoms with Gasteiger partial charge in [-0.25, -0.2) is 0 Å².